The zero-order chi connectivity index (χ0) is 7.14. The molecule has 0 aromatic carbocycles. The van der Waals surface area contributed by atoms with Crippen LogP contribution >= 0.6 is 0 Å². The van der Waals surface area contributed by atoms with Gasteiger partial charge in [0.15, 0.2) is 0 Å². The van der Waals surface area contributed by atoms with Crippen molar-refractivity contribution in [1.29, 1.82) is 0 Å². The van der Waals surface area contributed by atoms with Crippen LogP contribution in [-0.2, 0) is 0 Å². The Bertz CT molecular complexity index is 142. The SMILES string of the molecule is OC1CN2C(O)CCC2N1. The predicted octanol–water partition coefficient (Wildman–Crippen LogP) is -1.35. The molecular weight excluding hydrogens is 132 g/mol. The summed E-state index contributed by atoms with van der Waals surface area (Å²) in [4.78, 5) is 1.89. The van der Waals surface area contributed by atoms with E-state index in [4.69, 9.17) is 5.11 Å². The number of nitrogens with one attached hydrogen (secondary N) is 1. The summed E-state index contributed by atoms with van der Waals surface area (Å²) >= 11 is 0. The maximum absolute atomic E-state index is 9.29. The third-order valence-corrected chi connectivity index (χ3v) is 2.25. The first kappa shape index (κ1) is 6.54. The van der Waals surface area contributed by atoms with Gasteiger partial charge in [-0.1, -0.05) is 0 Å². The van der Waals surface area contributed by atoms with Crippen molar-refractivity contribution in [2.75, 3.05) is 6.54 Å². The van der Waals surface area contributed by atoms with E-state index >= 15 is 0 Å². The van der Waals surface area contributed by atoms with Crippen molar-refractivity contribution in [2.24, 2.45) is 0 Å². The van der Waals surface area contributed by atoms with Gasteiger partial charge in [0.25, 0.3) is 0 Å². The van der Waals surface area contributed by atoms with Crippen LogP contribution in [0.3, 0.4) is 0 Å². The molecule has 2 saturated heterocycles. The molecule has 0 saturated carbocycles. The first-order chi connectivity index (χ1) is 4.77. The van der Waals surface area contributed by atoms with Crippen molar-refractivity contribution in [2.45, 2.75) is 31.5 Å². The molecule has 10 heavy (non-hydrogen) atoms. The van der Waals surface area contributed by atoms with Gasteiger partial charge in [0, 0.05) is 6.54 Å². The van der Waals surface area contributed by atoms with Gasteiger partial charge in [0.05, 0.1) is 6.17 Å². The maximum atomic E-state index is 9.29. The van der Waals surface area contributed by atoms with Crippen molar-refractivity contribution >= 4 is 0 Å². The minimum atomic E-state index is -0.444. The number of aliphatic hydroxyl groups is 2. The Kier molecular flexibility index (Phi) is 1.42. The molecule has 2 heterocycles. The van der Waals surface area contributed by atoms with Gasteiger partial charge < -0.3 is 10.2 Å². The van der Waals surface area contributed by atoms with Crippen molar-refractivity contribution < 1.29 is 10.2 Å². The summed E-state index contributed by atoms with van der Waals surface area (Å²) in [5.41, 5.74) is 0. The molecule has 2 aliphatic heterocycles. The number of rotatable bonds is 0. The summed E-state index contributed by atoms with van der Waals surface area (Å²) in [6.07, 6.45) is 1.20. The molecule has 4 heteroatoms. The Morgan fingerprint density at radius 3 is 2.80 bits per heavy atom. The van der Waals surface area contributed by atoms with Gasteiger partial charge in [-0.2, -0.15) is 0 Å². The smallest absolute Gasteiger partial charge is 0.119 e. The molecule has 0 aromatic rings. The van der Waals surface area contributed by atoms with Crippen LogP contribution in [0.4, 0.5) is 0 Å². The fraction of sp³-hybridized carbons (Fsp3) is 1.00. The number of nitrogens with zero attached hydrogens (tertiary/aromatic N) is 1. The van der Waals surface area contributed by atoms with Crippen LogP contribution in [0.2, 0.25) is 0 Å². The molecule has 0 radical (unpaired) electrons. The monoisotopic (exact) mass is 144 g/mol. The summed E-state index contributed by atoms with van der Waals surface area (Å²) in [5, 5.41) is 21.3. The molecule has 4 nitrogen and oxygen atoms in total. The average molecular weight is 144 g/mol. The lowest BCUT2D eigenvalue weighted by atomic mass is 10.3. The van der Waals surface area contributed by atoms with Crippen LogP contribution in [0.25, 0.3) is 0 Å². The second kappa shape index (κ2) is 2.17. The standard InChI is InChI=1S/C6H12N2O2/c9-5-3-8-4(7-5)1-2-6(8)10/h4-7,9-10H,1-3H2. The van der Waals surface area contributed by atoms with E-state index in [9.17, 15) is 5.11 Å². The minimum Gasteiger partial charge on any atom is -0.378 e. The first-order valence-corrected chi connectivity index (χ1v) is 3.65. The molecule has 2 rings (SSSR count). The van der Waals surface area contributed by atoms with Crippen molar-refractivity contribution in [3.8, 4) is 0 Å². The second-order valence-corrected chi connectivity index (χ2v) is 2.95. The van der Waals surface area contributed by atoms with E-state index in [1.807, 2.05) is 4.90 Å². The summed E-state index contributed by atoms with van der Waals surface area (Å²) in [5.74, 6) is 0. The molecule has 58 valence electrons. The minimum absolute atomic E-state index is 0.213. The summed E-state index contributed by atoms with van der Waals surface area (Å²) in [6, 6.07) is 0. The second-order valence-electron chi connectivity index (χ2n) is 2.95. The highest BCUT2D eigenvalue weighted by atomic mass is 16.3. The van der Waals surface area contributed by atoms with E-state index in [-0.39, 0.29) is 12.4 Å². The number of aliphatic hydroxyl groups excluding tert-OH is 2. The van der Waals surface area contributed by atoms with Crippen molar-refractivity contribution in [3.05, 3.63) is 0 Å². The average Bonchev–Trinajstić information content (AvgIpc) is 2.35. The molecule has 2 aliphatic rings. The first-order valence-electron chi connectivity index (χ1n) is 3.65. The van der Waals surface area contributed by atoms with Crippen LogP contribution in [0.1, 0.15) is 12.8 Å². The summed E-state index contributed by atoms with van der Waals surface area (Å²) in [6.45, 7) is 0.561. The van der Waals surface area contributed by atoms with E-state index in [1.54, 1.807) is 0 Å². The molecule has 0 amide bonds. The molecule has 2 fully saturated rings. The molecule has 0 spiro atoms. The molecular formula is C6H12N2O2. The predicted molar refractivity (Wildman–Crippen MR) is 34.9 cm³/mol. The van der Waals surface area contributed by atoms with Crippen molar-refractivity contribution in [3.63, 3.8) is 0 Å². The van der Waals surface area contributed by atoms with Crippen LogP contribution in [0.5, 0.6) is 0 Å². The molecule has 3 atom stereocenters. The van der Waals surface area contributed by atoms with Crippen molar-refractivity contribution in [1.82, 2.24) is 10.2 Å². The van der Waals surface area contributed by atoms with Gasteiger partial charge >= 0.3 is 0 Å². The van der Waals surface area contributed by atoms with Crippen LogP contribution in [-0.4, -0.2) is 40.3 Å². The fourth-order valence-corrected chi connectivity index (χ4v) is 1.75. The Labute approximate surface area is 59.5 Å². The Hall–Kier alpha value is -0.160. The quantitative estimate of drug-likeness (QED) is 0.393. The van der Waals surface area contributed by atoms with Crippen LogP contribution in [0.15, 0.2) is 0 Å². The fourth-order valence-electron chi connectivity index (χ4n) is 1.75. The number of fused-ring (bicyclic) bond motifs is 1. The normalized spacial score (nSPS) is 48.0. The van der Waals surface area contributed by atoms with E-state index in [0.29, 0.717) is 6.54 Å². The Morgan fingerprint density at radius 2 is 2.10 bits per heavy atom. The van der Waals surface area contributed by atoms with E-state index in [0.717, 1.165) is 12.8 Å². The molecule has 0 bridgehead atoms. The third kappa shape index (κ3) is 0.845. The highest BCUT2D eigenvalue weighted by Crippen LogP contribution is 2.24. The molecule has 0 aromatic heterocycles. The van der Waals surface area contributed by atoms with Crippen LogP contribution < -0.4 is 5.32 Å². The van der Waals surface area contributed by atoms with Gasteiger partial charge in [0.1, 0.15) is 12.5 Å². The lowest BCUT2D eigenvalue weighted by Crippen LogP contribution is -2.34. The van der Waals surface area contributed by atoms with E-state index < -0.39 is 6.23 Å². The van der Waals surface area contributed by atoms with Crippen LogP contribution in [0, 0.1) is 0 Å². The Balaban J connectivity index is 2.05. The van der Waals surface area contributed by atoms with Gasteiger partial charge in [-0.3, -0.25) is 10.2 Å². The van der Waals surface area contributed by atoms with E-state index in [2.05, 4.69) is 5.32 Å². The topological polar surface area (TPSA) is 55.7 Å². The zero-order valence-corrected chi connectivity index (χ0v) is 5.70. The molecule has 3 unspecified atom stereocenters. The zero-order valence-electron chi connectivity index (χ0n) is 5.70. The number of hydrogen-bond donors (Lipinski definition) is 3. The number of hydrogen-bond acceptors (Lipinski definition) is 4. The summed E-state index contributed by atoms with van der Waals surface area (Å²) < 4.78 is 0. The lowest BCUT2D eigenvalue weighted by Gasteiger charge is -2.16. The van der Waals surface area contributed by atoms with Gasteiger partial charge in [0.2, 0.25) is 0 Å². The highest BCUT2D eigenvalue weighted by molar-refractivity contribution is 4.87. The lowest BCUT2D eigenvalue weighted by molar-refractivity contribution is 0.0262. The maximum Gasteiger partial charge on any atom is 0.119 e. The van der Waals surface area contributed by atoms with Gasteiger partial charge in [-0.15, -0.1) is 0 Å². The molecule has 0 aliphatic carbocycles. The summed E-state index contributed by atoms with van der Waals surface area (Å²) in [7, 11) is 0. The van der Waals surface area contributed by atoms with Gasteiger partial charge in [-0.25, -0.2) is 0 Å². The third-order valence-electron chi connectivity index (χ3n) is 2.25. The molecule has 3 N–H and O–H groups in total. The Morgan fingerprint density at radius 1 is 1.30 bits per heavy atom. The highest BCUT2D eigenvalue weighted by Gasteiger charge is 2.38. The van der Waals surface area contributed by atoms with Gasteiger partial charge in [-0.05, 0) is 12.8 Å². The largest absolute Gasteiger partial charge is 0.378 e. The van der Waals surface area contributed by atoms with E-state index in [1.165, 1.54) is 0 Å².